The fraction of sp³-hybridized carbons (Fsp3) is 0.457. The monoisotopic (exact) mass is 602 g/mol. The van der Waals surface area contributed by atoms with Crippen LogP contribution in [0.4, 0.5) is 5.69 Å². The predicted molar refractivity (Wildman–Crippen MR) is 172 cm³/mol. The maximum absolute atomic E-state index is 14.3. The maximum atomic E-state index is 14.3. The van der Waals surface area contributed by atoms with Gasteiger partial charge in [0.2, 0.25) is 0 Å². The minimum atomic E-state index is -0.444. The number of carbonyl (C=O) groups excluding carboxylic acids is 2. The number of rotatable bonds is 8. The highest BCUT2D eigenvalue weighted by molar-refractivity contribution is 6.05. The Balaban J connectivity index is 1.61. The molecule has 0 aliphatic carbocycles. The van der Waals surface area contributed by atoms with Crippen molar-refractivity contribution >= 4 is 17.5 Å². The molecule has 3 aromatic rings. The van der Waals surface area contributed by atoms with Gasteiger partial charge in [-0.2, -0.15) is 0 Å². The number of aliphatic hydroxyl groups is 1. The summed E-state index contributed by atoms with van der Waals surface area (Å²) in [4.78, 5) is 35.3. The van der Waals surface area contributed by atoms with Crippen LogP contribution in [0.2, 0.25) is 0 Å². The van der Waals surface area contributed by atoms with E-state index < -0.39 is 6.04 Å². The third-order valence-corrected chi connectivity index (χ3v) is 8.04. The molecule has 9 heteroatoms. The molecule has 236 valence electrons. The van der Waals surface area contributed by atoms with Gasteiger partial charge in [0.05, 0.1) is 30.4 Å². The Morgan fingerprint density at radius 2 is 1.86 bits per heavy atom. The molecule has 2 N–H and O–H groups in total. The molecule has 4 rings (SSSR count). The second-order valence-electron chi connectivity index (χ2n) is 11.9. The summed E-state index contributed by atoms with van der Waals surface area (Å²) >= 11 is 0. The Morgan fingerprint density at radius 3 is 2.59 bits per heavy atom. The van der Waals surface area contributed by atoms with Gasteiger partial charge in [-0.05, 0) is 88.2 Å². The van der Waals surface area contributed by atoms with Crippen LogP contribution in [-0.4, -0.2) is 83.3 Å². The zero-order valence-electron chi connectivity index (χ0n) is 26.3. The summed E-state index contributed by atoms with van der Waals surface area (Å²) in [6.07, 6.45) is 5.97. The number of amides is 2. The quantitative estimate of drug-likeness (QED) is 0.363. The minimum Gasteiger partial charge on any atom is -0.490 e. The van der Waals surface area contributed by atoms with E-state index in [1.807, 2.05) is 32.0 Å². The lowest BCUT2D eigenvalue weighted by Gasteiger charge is -2.36. The Bertz CT molecular complexity index is 1340. The fourth-order valence-electron chi connectivity index (χ4n) is 5.43. The van der Waals surface area contributed by atoms with Crippen LogP contribution < -0.4 is 10.1 Å². The van der Waals surface area contributed by atoms with Gasteiger partial charge in [-0.3, -0.25) is 19.5 Å². The molecule has 1 aliphatic heterocycles. The second kappa shape index (κ2) is 16.3. The third kappa shape index (κ3) is 9.35. The van der Waals surface area contributed by atoms with Crippen molar-refractivity contribution in [2.75, 3.05) is 38.7 Å². The second-order valence-corrected chi connectivity index (χ2v) is 11.9. The van der Waals surface area contributed by atoms with Gasteiger partial charge in [0, 0.05) is 55.8 Å². The molecule has 0 radical (unpaired) electrons. The Labute approximate surface area is 261 Å². The highest BCUT2D eigenvalue weighted by Crippen LogP contribution is 2.29. The average molecular weight is 603 g/mol. The van der Waals surface area contributed by atoms with Crippen LogP contribution in [0.5, 0.6) is 5.75 Å². The normalized spacial score (nSPS) is 20.7. The van der Waals surface area contributed by atoms with Gasteiger partial charge in [-0.15, -0.1) is 0 Å². The molecular weight excluding hydrogens is 556 g/mol. The van der Waals surface area contributed by atoms with Crippen molar-refractivity contribution in [3.8, 4) is 5.75 Å². The van der Waals surface area contributed by atoms with E-state index in [4.69, 9.17) is 9.47 Å². The third-order valence-electron chi connectivity index (χ3n) is 8.04. The molecule has 0 saturated heterocycles. The van der Waals surface area contributed by atoms with E-state index in [1.165, 1.54) is 5.56 Å². The summed E-state index contributed by atoms with van der Waals surface area (Å²) < 4.78 is 12.8. The van der Waals surface area contributed by atoms with E-state index in [0.717, 1.165) is 25.8 Å². The molecule has 1 aliphatic rings. The number of aromatic nitrogens is 1. The van der Waals surface area contributed by atoms with Crippen molar-refractivity contribution in [1.29, 1.82) is 0 Å². The predicted octanol–water partition coefficient (Wildman–Crippen LogP) is 5.26. The van der Waals surface area contributed by atoms with Crippen molar-refractivity contribution in [1.82, 2.24) is 14.8 Å². The lowest BCUT2D eigenvalue weighted by atomic mass is 10.0. The average Bonchev–Trinajstić information content (AvgIpc) is 3.03. The molecule has 0 saturated carbocycles. The number of nitrogens with zero attached hydrogens (tertiary/aromatic N) is 3. The summed E-state index contributed by atoms with van der Waals surface area (Å²) in [5.41, 5.74) is 2.53. The molecule has 0 fully saturated rings. The van der Waals surface area contributed by atoms with Crippen molar-refractivity contribution in [3.63, 3.8) is 0 Å². The molecule has 1 aromatic heterocycles. The summed E-state index contributed by atoms with van der Waals surface area (Å²) in [5, 5.41) is 13.1. The van der Waals surface area contributed by atoms with Gasteiger partial charge >= 0.3 is 0 Å². The largest absolute Gasteiger partial charge is 0.490 e. The molecule has 0 spiro atoms. The molecular formula is C35H46N4O5. The van der Waals surface area contributed by atoms with Crippen LogP contribution in [-0.2, 0) is 11.3 Å². The number of aliphatic hydroxyl groups excluding tert-OH is 1. The summed E-state index contributed by atoms with van der Waals surface area (Å²) in [6, 6.07) is 17.7. The first kappa shape index (κ1) is 33.1. The van der Waals surface area contributed by atoms with Gasteiger partial charge in [0.15, 0.2) is 0 Å². The van der Waals surface area contributed by atoms with Gasteiger partial charge in [0.25, 0.3) is 11.8 Å². The van der Waals surface area contributed by atoms with Gasteiger partial charge in [-0.25, -0.2) is 0 Å². The Hall–Kier alpha value is -3.79. The van der Waals surface area contributed by atoms with Gasteiger partial charge in [-0.1, -0.05) is 25.1 Å². The molecule has 2 heterocycles. The van der Waals surface area contributed by atoms with Crippen LogP contribution in [0.1, 0.15) is 66.3 Å². The van der Waals surface area contributed by atoms with Crippen molar-refractivity contribution in [2.24, 2.45) is 5.92 Å². The fourth-order valence-corrected chi connectivity index (χ4v) is 5.43. The summed E-state index contributed by atoms with van der Waals surface area (Å²) in [6.45, 7) is 8.18. The number of fused-ring (bicyclic) bond motifs is 1. The number of hydrogen-bond donors (Lipinski definition) is 2. The highest BCUT2D eigenvalue weighted by Gasteiger charge is 2.30. The summed E-state index contributed by atoms with van der Waals surface area (Å²) in [7, 11) is 2.07. The van der Waals surface area contributed by atoms with E-state index in [9.17, 15) is 14.7 Å². The van der Waals surface area contributed by atoms with E-state index in [1.54, 1.807) is 59.8 Å². The topological polar surface area (TPSA) is 104 Å². The molecule has 2 amide bonds. The standard InChI is InChI=1S/C35H46N4O5/c1-25-21-39(26(2)24-40)35(42)31-20-30(37-34(41)29-11-6-5-7-12-29)13-14-32(31)44-27(3)10-8-9-19-43-33(25)23-38(4)22-28-15-17-36-18-16-28/h5-7,11-18,20,25-27,33,40H,8-10,19,21-24H2,1-4H3,(H,37,41)/t25-,26-,27+,33+/m0/s1. The minimum absolute atomic E-state index is 0.0277. The lowest BCUT2D eigenvalue weighted by molar-refractivity contribution is -0.0177. The van der Waals surface area contributed by atoms with Crippen molar-refractivity contribution in [2.45, 2.75) is 64.8 Å². The Morgan fingerprint density at radius 1 is 1.11 bits per heavy atom. The maximum Gasteiger partial charge on any atom is 0.258 e. The van der Waals surface area contributed by atoms with Crippen LogP contribution >= 0.6 is 0 Å². The number of benzene rings is 2. The Kier molecular flexibility index (Phi) is 12.3. The first-order valence-corrected chi connectivity index (χ1v) is 15.5. The lowest BCUT2D eigenvalue weighted by Crippen LogP contribution is -2.47. The van der Waals surface area contributed by atoms with Crippen LogP contribution in [0.25, 0.3) is 0 Å². The van der Waals surface area contributed by atoms with Crippen molar-refractivity contribution in [3.05, 3.63) is 89.7 Å². The number of likely N-dealkylation sites (N-methyl/N-ethyl adjacent to an activating group) is 1. The van der Waals surface area contributed by atoms with Crippen LogP contribution in [0, 0.1) is 5.92 Å². The van der Waals surface area contributed by atoms with Crippen molar-refractivity contribution < 1.29 is 24.2 Å². The molecule has 0 bridgehead atoms. The number of ether oxygens (including phenoxy) is 2. The molecule has 4 atom stereocenters. The van der Waals surface area contributed by atoms with E-state index in [0.29, 0.717) is 42.3 Å². The number of pyridine rings is 1. The van der Waals surface area contributed by atoms with E-state index in [2.05, 4.69) is 29.2 Å². The van der Waals surface area contributed by atoms with E-state index in [-0.39, 0.29) is 36.5 Å². The first-order valence-electron chi connectivity index (χ1n) is 15.5. The molecule has 2 aromatic carbocycles. The van der Waals surface area contributed by atoms with Crippen LogP contribution in [0.15, 0.2) is 73.1 Å². The smallest absolute Gasteiger partial charge is 0.258 e. The summed E-state index contributed by atoms with van der Waals surface area (Å²) in [5.74, 6) is -0.0967. The van der Waals surface area contributed by atoms with Gasteiger partial charge < -0.3 is 24.8 Å². The molecule has 0 unspecified atom stereocenters. The number of carbonyl (C=O) groups is 2. The zero-order valence-corrected chi connectivity index (χ0v) is 26.3. The first-order chi connectivity index (χ1) is 21.2. The molecule has 9 nitrogen and oxygen atoms in total. The molecule has 44 heavy (non-hydrogen) atoms. The van der Waals surface area contributed by atoms with Gasteiger partial charge in [0.1, 0.15) is 5.75 Å². The van der Waals surface area contributed by atoms with Crippen LogP contribution in [0.3, 0.4) is 0 Å². The number of hydrogen-bond acceptors (Lipinski definition) is 7. The number of nitrogens with one attached hydrogen (secondary N) is 1. The SMILES string of the molecule is C[C@@H]1CCCCO[C@H](CN(C)Cc2ccncc2)[C@@H](C)CN([C@@H](C)CO)C(=O)c2cc(NC(=O)c3ccccc3)ccc2O1. The number of anilines is 1. The van der Waals surface area contributed by atoms with E-state index >= 15 is 0 Å². The highest BCUT2D eigenvalue weighted by atomic mass is 16.5. The zero-order chi connectivity index (χ0) is 31.5.